The molecule has 0 radical (unpaired) electrons. The van der Waals surface area contributed by atoms with E-state index in [0.29, 0.717) is 16.4 Å². The standard InChI is InChI=1S/C11H12N4O2S2/c1-4-8-14-11(19-15-8)18-9-7(10(16)17-3)5-12-6(2)13-9/h5H,4H2,1-3H3. The van der Waals surface area contributed by atoms with Crippen molar-refractivity contribution in [2.75, 3.05) is 7.11 Å². The maximum absolute atomic E-state index is 11.6. The van der Waals surface area contributed by atoms with Crippen LogP contribution in [0.25, 0.3) is 0 Å². The minimum atomic E-state index is -0.456. The molecule has 0 atom stereocenters. The van der Waals surface area contributed by atoms with Gasteiger partial charge in [-0.1, -0.05) is 6.92 Å². The second-order valence-corrected chi connectivity index (χ2v) is 5.55. The largest absolute Gasteiger partial charge is 0.465 e. The van der Waals surface area contributed by atoms with Crippen LogP contribution in [0.15, 0.2) is 15.6 Å². The molecular formula is C11H12N4O2S2. The van der Waals surface area contributed by atoms with Crippen molar-refractivity contribution in [2.45, 2.75) is 29.6 Å². The molecule has 100 valence electrons. The number of aryl methyl sites for hydroxylation is 2. The molecule has 0 aliphatic heterocycles. The van der Waals surface area contributed by atoms with Crippen LogP contribution in [0.1, 0.15) is 28.9 Å². The van der Waals surface area contributed by atoms with E-state index in [2.05, 4.69) is 19.3 Å². The molecule has 0 saturated carbocycles. The minimum absolute atomic E-state index is 0.339. The minimum Gasteiger partial charge on any atom is -0.465 e. The summed E-state index contributed by atoms with van der Waals surface area (Å²) in [5, 5.41) is 0.540. The van der Waals surface area contributed by atoms with Gasteiger partial charge in [0.1, 0.15) is 22.2 Å². The van der Waals surface area contributed by atoms with Crippen molar-refractivity contribution in [3.8, 4) is 0 Å². The number of carbonyl (C=O) groups is 1. The van der Waals surface area contributed by atoms with Gasteiger partial charge in [0.2, 0.25) is 0 Å². The van der Waals surface area contributed by atoms with Crippen LogP contribution in [0.2, 0.25) is 0 Å². The Bertz CT molecular complexity index is 600. The van der Waals surface area contributed by atoms with E-state index in [0.717, 1.165) is 16.6 Å². The van der Waals surface area contributed by atoms with E-state index in [1.54, 1.807) is 6.92 Å². The first-order valence-corrected chi connectivity index (χ1v) is 7.15. The summed E-state index contributed by atoms with van der Waals surface area (Å²) in [5.74, 6) is 0.927. The Labute approximate surface area is 118 Å². The van der Waals surface area contributed by atoms with Crippen molar-refractivity contribution in [2.24, 2.45) is 0 Å². The SMILES string of the molecule is CCc1nsc(Sc2nc(C)ncc2C(=O)OC)n1. The number of esters is 1. The summed E-state index contributed by atoms with van der Waals surface area (Å²) >= 11 is 2.59. The number of aromatic nitrogens is 4. The van der Waals surface area contributed by atoms with Crippen LogP contribution >= 0.6 is 23.3 Å². The molecule has 0 aliphatic carbocycles. The molecule has 2 heterocycles. The quantitative estimate of drug-likeness (QED) is 0.631. The molecular weight excluding hydrogens is 284 g/mol. The van der Waals surface area contributed by atoms with E-state index in [-0.39, 0.29) is 0 Å². The zero-order valence-electron chi connectivity index (χ0n) is 10.7. The van der Waals surface area contributed by atoms with E-state index in [1.807, 2.05) is 6.92 Å². The predicted octanol–water partition coefficient (Wildman–Crippen LogP) is 2.14. The Morgan fingerprint density at radius 3 is 2.89 bits per heavy atom. The van der Waals surface area contributed by atoms with Crippen molar-refractivity contribution in [3.05, 3.63) is 23.4 Å². The number of ether oxygens (including phenoxy) is 1. The van der Waals surface area contributed by atoms with Gasteiger partial charge < -0.3 is 4.74 Å². The smallest absolute Gasteiger partial charge is 0.342 e. The Morgan fingerprint density at radius 1 is 1.47 bits per heavy atom. The van der Waals surface area contributed by atoms with Crippen molar-refractivity contribution in [1.82, 2.24) is 19.3 Å². The fourth-order valence-corrected chi connectivity index (χ4v) is 3.02. The van der Waals surface area contributed by atoms with E-state index in [1.165, 1.54) is 36.6 Å². The van der Waals surface area contributed by atoms with Gasteiger partial charge in [0.25, 0.3) is 0 Å². The lowest BCUT2D eigenvalue weighted by Crippen LogP contribution is -2.06. The fraction of sp³-hybridized carbons (Fsp3) is 0.364. The lowest BCUT2D eigenvalue weighted by atomic mass is 10.3. The molecule has 0 saturated heterocycles. The van der Waals surface area contributed by atoms with Gasteiger partial charge >= 0.3 is 5.97 Å². The highest BCUT2D eigenvalue weighted by Crippen LogP contribution is 2.30. The average molecular weight is 296 g/mol. The van der Waals surface area contributed by atoms with Gasteiger partial charge in [-0.05, 0) is 30.2 Å². The molecule has 0 N–H and O–H groups in total. The molecule has 6 nitrogen and oxygen atoms in total. The Hall–Kier alpha value is -1.54. The highest BCUT2D eigenvalue weighted by atomic mass is 32.2. The molecule has 19 heavy (non-hydrogen) atoms. The lowest BCUT2D eigenvalue weighted by molar-refractivity contribution is 0.0595. The van der Waals surface area contributed by atoms with Crippen LogP contribution in [0.3, 0.4) is 0 Å². The fourth-order valence-electron chi connectivity index (χ4n) is 1.28. The zero-order valence-corrected chi connectivity index (χ0v) is 12.3. The molecule has 0 aliphatic rings. The summed E-state index contributed by atoms with van der Waals surface area (Å²) in [5.41, 5.74) is 0.339. The summed E-state index contributed by atoms with van der Waals surface area (Å²) in [7, 11) is 1.33. The van der Waals surface area contributed by atoms with Gasteiger partial charge in [0.05, 0.1) is 7.11 Å². The zero-order chi connectivity index (χ0) is 13.8. The highest BCUT2D eigenvalue weighted by molar-refractivity contribution is 8.01. The van der Waals surface area contributed by atoms with Crippen LogP contribution in [-0.4, -0.2) is 32.4 Å². The number of methoxy groups -OCH3 is 1. The molecule has 8 heteroatoms. The van der Waals surface area contributed by atoms with Crippen LogP contribution in [-0.2, 0) is 11.2 Å². The van der Waals surface area contributed by atoms with E-state index in [4.69, 9.17) is 4.74 Å². The summed E-state index contributed by atoms with van der Waals surface area (Å²) < 4.78 is 9.66. The number of hydrogen-bond acceptors (Lipinski definition) is 8. The first-order chi connectivity index (χ1) is 9.13. The van der Waals surface area contributed by atoms with Gasteiger partial charge in [-0.3, -0.25) is 0 Å². The third-order valence-corrected chi connectivity index (χ3v) is 4.02. The van der Waals surface area contributed by atoms with Crippen molar-refractivity contribution in [3.63, 3.8) is 0 Å². The summed E-state index contributed by atoms with van der Waals surface area (Å²) in [6, 6.07) is 0. The summed E-state index contributed by atoms with van der Waals surface area (Å²) in [6.07, 6.45) is 2.25. The van der Waals surface area contributed by atoms with Crippen LogP contribution in [0.5, 0.6) is 0 Å². The van der Waals surface area contributed by atoms with Crippen molar-refractivity contribution in [1.29, 1.82) is 0 Å². The molecule has 2 aromatic rings. The Morgan fingerprint density at radius 2 is 2.26 bits per heavy atom. The summed E-state index contributed by atoms with van der Waals surface area (Å²) in [4.78, 5) is 24.3. The number of nitrogens with zero attached hydrogens (tertiary/aromatic N) is 4. The number of carbonyl (C=O) groups excluding carboxylic acids is 1. The predicted molar refractivity (Wildman–Crippen MR) is 71.5 cm³/mol. The molecule has 2 aromatic heterocycles. The highest BCUT2D eigenvalue weighted by Gasteiger charge is 2.17. The molecule has 0 unspecified atom stereocenters. The van der Waals surface area contributed by atoms with Crippen LogP contribution in [0.4, 0.5) is 0 Å². The average Bonchev–Trinajstić information content (AvgIpc) is 2.86. The molecule has 0 aromatic carbocycles. The molecule has 0 amide bonds. The van der Waals surface area contributed by atoms with Gasteiger partial charge in [-0.2, -0.15) is 4.37 Å². The second kappa shape index (κ2) is 6.07. The van der Waals surface area contributed by atoms with Crippen molar-refractivity contribution >= 4 is 29.3 Å². The third-order valence-electron chi connectivity index (χ3n) is 2.23. The van der Waals surface area contributed by atoms with Crippen LogP contribution < -0.4 is 0 Å². The van der Waals surface area contributed by atoms with Crippen LogP contribution in [0, 0.1) is 6.92 Å². The van der Waals surface area contributed by atoms with E-state index in [9.17, 15) is 4.79 Å². The van der Waals surface area contributed by atoms with E-state index < -0.39 is 5.97 Å². The lowest BCUT2D eigenvalue weighted by Gasteiger charge is -2.04. The molecule has 0 bridgehead atoms. The summed E-state index contributed by atoms with van der Waals surface area (Å²) in [6.45, 7) is 3.76. The van der Waals surface area contributed by atoms with E-state index >= 15 is 0 Å². The first-order valence-electron chi connectivity index (χ1n) is 5.56. The maximum atomic E-state index is 11.6. The van der Waals surface area contributed by atoms with Crippen molar-refractivity contribution < 1.29 is 9.53 Å². The van der Waals surface area contributed by atoms with Gasteiger partial charge in [0, 0.05) is 12.6 Å². The van der Waals surface area contributed by atoms with Gasteiger partial charge in [-0.15, -0.1) is 0 Å². The topological polar surface area (TPSA) is 77.9 Å². The Balaban J connectivity index is 2.32. The number of rotatable bonds is 4. The first kappa shape index (κ1) is 13.9. The normalized spacial score (nSPS) is 10.5. The number of hydrogen-bond donors (Lipinski definition) is 0. The van der Waals surface area contributed by atoms with Gasteiger partial charge in [-0.25, -0.2) is 19.7 Å². The molecule has 2 rings (SSSR count). The Kier molecular flexibility index (Phi) is 4.43. The molecule has 0 fully saturated rings. The monoisotopic (exact) mass is 296 g/mol. The second-order valence-electron chi connectivity index (χ2n) is 3.56. The maximum Gasteiger partial charge on any atom is 0.342 e. The van der Waals surface area contributed by atoms with Gasteiger partial charge in [0.15, 0.2) is 4.34 Å². The third kappa shape index (κ3) is 3.27. The molecule has 0 spiro atoms.